The van der Waals surface area contributed by atoms with Gasteiger partial charge in [0.15, 0.2) is 0 Å². The van der Waals surface area contributed by atoms with Crippen LogP contribution in [0.1, 0.15) is 23.5 Å². The van der Waals surface area contributed by atoms with Gasteiger partial charge >= 0.3 is 0 Å². The van der Waals surface area contributed by atoms with Crippen molar-refractivity contribution in [1.82, 2.24) is 9.78 Å². The third-order valence-electron chi connectivity index (χ3n) is 2.39. The SMILES string of the molecule is Cc1cc(-c2nn(C)cc2C(F)F)c(C)o1. The van der Waals surface area contributed by atoms with E-state index in [9.17, 15) is 8.78 Å². The minimum atomic E-state index is -2.53. The zero-order chi connectivity index (χ0) is 11.9. The number of aromatic nitrogens is 2. The van der Waals surface area contributed by atoms with Gasteiger partial charge in [-0.2, -0.15) is 5.10 Å². The molecule has 2 aromatic rings. The number of rotatable bonds is 2. The van der Waals surface area contributed by atoms with E-state index >= 15 is 0 Å². The van der Waals surface area contributed by atoms with Crippen LogP contribution in [0.5, 0.6) is 0 Å². The molecule has 86 valence electrons. The number of furan rings is 1. The molecule has 0 radical (unpaired) electrons. The van der Waals surface area contributed by atoms with Crippen molar-refractivity contribution in [2.24, 2.45) is 7.05 Å². The molecule has 2 rings (SSSR count). The molecule has 2 heterocycles. The molecule has 0 spiro atoms. The number of aryl methyl sites for hydroxylation is 3. The molecule has 0 aromatic carbocycles. The van der Waals surface area contributed by atoms with Crippen molar-refractivity contribution in [1.29, 1.82) is 0 Å². The number of hydrogen-bond donors (Lipinski definition) is 0. The summed E-state index contributed by atoms with van der Waals surface area (Å²) in [4.78, 5) is 0. The first-order valence-corrected chi connectivity index (χ1v) is 4.88. The molecule has 0 atom stereocenters. The molecule has 5 heteroatoms. The fourth-order valence-electron chi connectivity index (χ4n) is 1.74. The van der Waals surface area contributed by atoms with Crippen molar-refractivity contribution in [3.63, 3.8) is 0 Å². The van der Waals surface area contributed by atoms with Gasteiger partial charge in [0.05, 0.1) is 5.56 Å². The second-order valence-electron chi connectivity index (χ2n) is 3.73. The van der Waals surface area contributed by atoms with Crippen molar-refractivity contribution < 1.29 is 13.2 Å². The average molecular weight is 226 g/mol. The van der Waals surface area contributed by atoms with Crippen molar-refractivity contribution in [3.05, 3.63) is 29.3 Å². The maximum absolute atomic E-state index is 12.8. The third-order valence-corrected chi connectivity index (χ3v) is 2.39. The molecule has 2 aromatic heterocycles. The molecule has 0 bridgehead atoms. The monoisotopic (exact) mass is 226 g/mol. The molecular weight excluding hydrogens is 214 g/mol. The lowest BCUT2D eigenvalue weighted by atomic mass is 10.1. The molecule has 0 amide bonds. The highest BCUT2D eigenvalue weighted by Gasteiger charge is 2.21. The molecule has 0 unspecified atom stereocenters. The van der Waals surface area contributed by atoms with Gasteiger partial charge in [0.1, 0.15) is 17.2 Å². The molecule has 0 N–H and O–H groups in total. The zero-order valence-corrected chi connectivity index (χ0v) is 9.29. The Kier molecular flexibility index (Phi) is 2.53. The van der Waals surface area contributed by atoms with Gasteiger partial charge < -0.3 is 4.42 Å². The predicted molar refractivity (Wildman–Crippen MR) is 55.3 cm³/mol. The maximum Gasteiger partial charge on any atom is 0.267 e. The first-order chi connectivity index (χ1) is 7.49. The minimum absolute atomic E-state index is 0.0635. The molecule has 0 saturated carbocycles. The number of hydrogen-bond acceptors (Lipinski definition) is 2. The summed E-state index contributed by atoms with van der Waals surface area (Å²) >= 11 is 0. The van der Waals surface area contributed by atoms with Gasteiger partial charge in [-0.3, -0.25) is 4.68 Å². The summed E-state index contributed by atoms with van der Waals surface area (Å²) in [5.41, 5.74) is 0.867. The van der Waals surface area contributed by atoms with Gasteiger partial charge in [0.25, 0.3) is 6.43 Å². The van der Waals surface area contributed by atoms with Crippen molar-refractivity contribution >= 4 is 0 Å². The topological polar surface area (TPSA) is 31.0 Å². The van der Waals surface area contributed by atoms with Gasteiger partial charge in [-0.05, 0) is 19.9 Å². The summed E-state index contributed by atoms with van der Waals surface area (Å²) in [5, 5.41) is 4.05. The second kappa shape index (κ2) is 3.73. The number of halogens is 2. The van der Waals surface area contributed by atoms with E-state index in [1.54, 1.807) is 27.0 Å². The first-order valence-electron chi connectivity index (χ1n) is 4.88. The third kappa shape index (κ3) is 1.73. The maximum atomic E-state index is 12.8. The molecule has 0 aliphatic rings. The van der Waals surface area contributed by atoms with Gasteiger partial charge in [0, 0.05) is 18.8 Å². The van der Waals surface area contributed by atoms with Crippen LogP contribution >= 0.6 is 0 Å². The summed E-state index contributed by atoms with van der Waals surface area (Å²) in [6.45, 7) is 3.52. The van der Waals surface area contributed by atoms with E-state index in [0.717, 1.165) is 0 Å². The number of alkyl halides is 2. The van der Waals surface area contributed by atoms with E-state index in [4.69, 9.17) is 4.42 Å². The number of nitrogens with zero attached hydrogens (tertiary/aromatic N) is 2. The van der Waals surface area contributed by atoms with Crippen LogP contribution in [0.2, 0.25) is 0 Å². The Labute approximate surface area is 91.7 Å². The van der Waals surface area contributed by atoms with Gasteiger partial charge in [-0.25, -0.2) is 8.78 Å². The van der Waals surface area contributed by atoms with E-state index < -0.39 is 6.43 Å². The van der Waals surface area contributed by atoms with Crippen molar-refractivity contribution in [3.8, 4) is 11.3 Å². The van der Waals surface area contributed by atoms with Crippen molar-refractivity contribution in [2.75, 3.05) is 0 Å². The summed E-state index contributed by atoms with van der Waals surface area (Å²) in [6.07, 6.45) is -1.19. The summed E-state index contributed by atoms with van der Waals surface area (Å²) in [6, 6.07) is 1.73. The fraction of sp³-hybridized carbons (Fsp3) is 0.364. The summed E-state index contributed by atoms with van der Waals surface area (Å²) in [7, 11) is 1.62. The quantitative estimate of drug-likeness (QED) is 0.787. The highest BCUT2D eigenvalue weighted by atomic mass is 19.3. The Hall–Kier alpha value is -1.65. The molecule has 16 heavy (non-hydrogen) atoms. The second-order valence-corrected chi connectivity index (χ2v) is 3.73. The van der Waals surface area contributed by atoms with Gasteiger partial charge in [-0.15, -0.1) is 0 Å². The summed E-state index contributed by atoms with van der Waals surface area (Å²) < 4.78 is 32.3. The van der Waals surface area contributed by atoms with Crippen LogP contribution in [0, 0.1) is 13.8 Å². The van der Waals surface area contributed by atoms with Gasteiger partial charge in [0.2, 0.25) is 0 Å². The lowest BCUT2D eigenvalue weighted by Crippen LogP contribution is -1.88. The molecule has 3 nitrogen and oxygen atoms in total. The Morgan fingerprint density at radius 3 is 2.56 bits per heavy atom. The Morgan fingerprint density at radius 2 is 2.06 bits per heavy atom. The van der Waals surface area contributed by atoms with Crippen LogP contribution in [-0.2, 0) is 7.05 Å². The fourth-order valence-corrected chi connectivity index (χ4v) is 1.74. The molecule has 0 aliphatic carbocycles. The van der Waals surface area contributed by atoms with Crippen LogP contribution in [0.15, 0.2) is 16.7 Å². The van der Waals surface area contributed by atoms with Crippen LogP contribution in [0.25, 0.3) is 11.3 Å². The lowest BCUT2D eigenvalue weighted by Gasteiger charge is -1.98. The zero-order valence-electron chi connectivity index (χ0n) is 9.29. The first kappa shape index (κ1) is 10.9. The summed E-state index contributed by atoms with van der Waals surface area (Å²) in [5.74, 6) is 1.30. The van der Waals surface area contributed by atoms with E-state index in [0.29, 0.717) is 22.8 Å². The Morgan fingerprint density at radius 1 is 1.38 bits per heavy atom. The normalized spacial score (nSPS) is 11.4. The average Bonchev–Trinajstić information content (AvgIpc) is 2.69. The van der Waals surface area contributed by atoms with Crippen LogP contribution in [0.3, 0.4) is 0 Å². The standard InChI is InChI=1S/C11H12F2N2O/c1-6-4-8(7(2)16-6)10-9(11(12)13)5-15(3)14-10/h4-5,11H,1-3H3. The Balaban J connectivity index is 2.59. The van der Waals surface area contributed by atoms with E-state index in [1.807, 2.05) is 0 Å². The van der Waals surface area contributed by atoms with Crippen LogP contribution in [-0.4, -0.2) is 9.78 Å². The molecular formula is C11H12F2N2O. The highest BCUT2D eigenvalue weighted by Crippen LogP contribution is 2.33. The highest BCUT2D eigenvalue weighted by molar-refractivity contribution is 5.65. The van der Waals surface area contributed by atoms with E-state index in [1.165, 1.54) is 10.9 Å². The molecule has 0 aliphatic heterocycles. The Bertz CT molecular complexity index is 514. The molecule has 0 saturated heterocycles. The predicted octanol–water partition coefficient (Wildman–Crippen LogP) is 3.23. The van der Waals surface area contributed by atoms with E-state index in [2.05, 4.69) is 5.10 Å². The molecule has 0 fully saturated rings. The van der Waals surface area contributed by atoms with Crippen LogP contribution in [0.4, 0.5) is 8.78 Å². The smallest absolute Gasteiger partial charge is 0.267 e. The van der Waals surface area contributed by atoms with Crippen LogP contribution < -0.4 is 0 Å². The largest absolute Gasteiger partial charge is 0.466 e. The van der Waals surface area contributed by atoms with Gasteiger partial charge in [-0.1, -0.05) is 0 Å². The minimum Gasteiger partial charge on any atom is -0.466 e. The lowest BCUT2D eigenvalue weighted by molar-refractivity contribution is 0.152. The van der Waals surface area contributed by atoms with Crippen molar-refractivity contribution in [2.45, 2.75) is 20.3 Å². The van der Waals surface area contributed by atoms with E-state index in [-0.39, 0.29) is 5.56 Å².